The zero-order valence-corrected chi connectivity index (χ0v) is 18.1. The number of nitrogens with two attached hydrogens (primary N) is 1. The van der Waals surface area contributed by atoms with Gasteiger partial charge in [0.1, 0.15) is 6.04 Å². The van der Waals surface area contributed by atoms with Gasteiger partial charge in [-0.05, 0) is 35.7 Å². The summed E-state index contributed by atoms with van der Waals surface area (Å²) in [5.41, 5.74) is 3.55. The highest BCUT2D eigenvalue weighted by atomic mass is 19.4. The van der Waals surface area contributed by atoms with Gasteiger partial charge < -0.3 is 20.1 Å². The Morgan fingerprint density at radius 1 is 1.03 bits per heavy atom. The summed E-state index contributed by atoms with van der Waals surface area (Å²) in [6, 6.07) is 10.1. The number of ether oxygens (including phenoxy) is 2. The van der Waals surface area contributed by atoms with Crippen LogP contribution in [0.25, 0.3) is 0 Å². The van der Waals surface area contributed by atoms with Crippen LogP contribution in [-0.2, 0) is 28.2 Å². The highest BCUT2D eigenvalue weighted by Gasteiger charge is 2.38. The Kier molecular flexibility index (Phi) is 6.90. The number of H-pyrrole nitrogens is 1. The van der Waals surface area contributed by atoms with E-state index in [-0.39, 0.29) is 37.2 Å². The Morgan fingerprint density at radius 2 is 1.69 bits per heavy atom. The van der Waals surface area contributed by atoms with E-state index in [0.717, 1.165) is 5.56 Å². The maximum atomic E-state index is 13.1. The van der Waals surface area contributed by atoms with E-state index in [2.05, 4.69) is 15.2 Å². The first-order valence-electron chi connectivity index (χ1n) is 10.5. The molecule has 1 saturated heterocycles. The number of nitrogen functional groups attached to an aromatic ring is 1. The summed E-state index contributed by atoms with van der Waals surface area (Å²) in [7, 11) is 0. The van der Waals surface area contributed by atoms with Gasteiger partial charge in [0.2, 0.25) is 11.9 Å². The third kappa shape index (κ3) is 5.85. The number of hydrogen-bond donors (Lipinski definition) is 2. The molecule has 0 amide bonds. The van der Waals surface area contributed by atoms with Gasteiger partial charge in [0.15, 0.2) is 6.29 Å². The number of benzene rings is 2. The van der Waals surface area contributed by atoms with Gasteiger partial charge in [-0.15, -0.1) is 5.10 Å². The number of morpholine rings is 1. The Balaban J connectivity index is 1.54. The number of anilines is 2. The molecule has 3 aromatic rings. The summed E-state index contributed by atoms with van der Waals surface area (Å²) < 4.78 is 90.5. The predicted octanol–water partition coefficient (Wildman–Crippen LogP) is 4.59. The van der Waals surface area contributed by atoms with Crippen molar-refractivity contribution in [2.75, 3.05) is 30.4 Å². The van der Waals surface area contributed by atoms with Gasteiger partial charge in [-0.1, -0.05) is 30.3 Å². The monoisotopic (exact) mass is 501 g/mol. The van der Waals surface area contributed by atoms with Crippen LogP contribution in [0.15, 0.2) is 48.5 Å². The molecule has 1 aliphatic rings. The van der Waals surface area contributed by atoms with Crippen molar-refractivity contribution < 1.29 is 35.8 Å². The van der Waals surface area contributed by atoms with Gasteiger partial charge in [0.25, 0.3) is 0 Å². The molecule has 0 aliphatic carbocycles. The van der Waals surface area contributed by atoms with E-state index in [0.29, 0.717) is 24.6 Å². The van der Waals surface area contributed by atoms with Crippen LogP contribution in [0.3, 0.4) is 0 Å². The average molecular weight is 501 g/mol. The van der Waals surface area contributed by atoms with Crippen molar-refractivity contribution in [3.05, 3.63) is 70.8 Å². The zero-order valence-electron chi connectivity index (χ0n) is 18.1. The number of nitrogens with zero attached hydrogens (tertiary/aromatic N) is 3. The molecule has 13 heteroatoms. The topological polar surface area (TPSA) is 89.3 Å². The molecule has 1 aromatic heterocycles. The fourth-order valence-electron chi connectivity index (χ4n) is 3.85. The average Bonchev–Trinajstić information content (AvgIpc) is 3.24. The van der Waals surface area contributed by atoms with Crippen LogP contribution < -0.4 is 10.6 Å². The third-order valence-corrected chi connectivity index (χ3v) is 5.42. The van der Waals surface area contributed by atoms with Crippen molar-refractivity contribution in [1.29, 1.82) is 0 Å². The lowest BCUT2D eigenvalue weighted by molar-refractivity contribution is -0.168. The second kappa shape index (κ2) is 9.74. The molecule has 1 aliphatic heterocycles. The largest absolute Gasteiger partial charge is 0.416 e. The zero-order chi connectivity index (χ0) is 25.2. The van der Waals surface area contributed by atoms with Gasteiger partial charge in [-0.3, -0.25) is 0 Å². The van der Waals surface area contributed by atoms with Crippen molar-refractivity contribution in [3.63, 3.8) is 0 Å². The summed E-state index contributed by atoms with van der Waals surface area (Å²) in [6.07, 6.45) is -10.9. The molecule has 0 saturated carbocycles. The number of rotatable bonds is 6. The SMILES string of the molecule is Nc1nc(N2CCOC(OCCc3cc(C(F)(F)F)cc(C(F)(F)F)c3)C2c2ccccc2)n[nH]1. The quantitative estimate of drug-likeness (QED) is 0.481. The van der Waals surface area contributed by atoms with Crippen molar-refractivity contribution in [1.82, 2.24) is 15.2 Å². The first-order valence-corrected chi connectivity index (χ1v) is 10.5. The molecule has 2 aromatic carbocycles. The first kappa shape index (κ1) is 24.8. The minimum absolute atomic E-state index is 0.0977. The van der Waals surface area contributed by atoms with E-state index >= 15 is 0 Å². The summed E-state index contributed by atoms with van der Waals surface area (Å²) in [5, 5.41) is 6.65. The molecule has 2 atom stereocenters. The predicted molar refractivity (Wildman–Crippen MR) is 113 cm³/mol. The highest BCUT2D eigenvalue weighted by Crippen LogP contribution is 2.37. The van der Waals surface area contributed by atoms with Crippen LogP contribution in [-0.4, -0.2) is 41.2 Å². The molecule has 7 nitrogen and oxygen atoms in total. The van der Waals surface area contributed by atoms with Crippen LogP contribution in [0.5, 0.6) is 0 Å². The standard InChI is InChI=1S/C22H21F6N5O2/c23-21(24,25)15-10-13(11-16(12-15)22(26,27)28)6-8-34-18-17(14-4-2-1-3-5-14)33(7-9-35-18)20-30-19(29)31-32-20/h1-5,10-12,17-18H,6-9H2,(H3,29,30,31,32). The molecule has 3 N–H and O–H groups in total. The van der Waals surface area contributed by atoms with Crippen molar-refractivity contribution in [3.8, 4) is 0 Å². The molecule has 2 heterocycles. The number of hydrogen-bond acceptors (Lipinski definition) is 6. The number of halogens is 6. The Morgan fingerprint density at radius 3 is 2.26 bits per heavy atom. The molecule has 188 valence electrons. The molecule has 35 heavy (non-hydrogen) atoms. The molecular formula is C22H21F6N5O2. The van der Waals surface area contributed by atoms with E-state index in [4.69, 9.17) is 15.2 Å². The van der Waals surface area contributed by atoms with Crippen LogP contribution in [0.4, 0.5) is 38.2 Å². The molecule has 0 bridgehead atoms. The van der Waals surface area contributed by atoms with Crippen LogP contribution >= 0.6 is 0 Å². The summed E-state index contributed by atoms with van der Waals surface area (Å²) in [5.74, 6) is 0.418. The lowest BCUT2D eigenvalue weighted by Crippen LogP contribution is -2.47. The molecule has 0 spiro atoms. The minimum atomic E-state index is -4.92. The molecule has 1 fully saturated rings. The van der Waals surface area contributed by atoms with Gasteiger partial charge in [-0.25, -0.2) is 5.10 Å². The second-order valence-electron chi connectivity index (χ2n) is 7.84. The second-order valence-corrected chi connectivity index (χ2v) is 7.84. The fraction of sp³-hybridized carbons (Fsp3) is 0.364. The van der Waals surface area contributed by atoms with Gasteiger partial charge in [0, 0.05) is 6.54 Å². The Hall–Kier alpha value is -3.32. The number of aromatic nitrogens is 3. The molecule has 0 radical (unpaired) electrons. The molecular weight excluding hydrogens is 480 g/mol. The summed E-state index contributed by atoms with van der Waals surface area (Å²) >= 11 is 0. The normalized spacial score (nSPS) is 19.2. The Bertz CT molecular complexity index is 1100. The van der Waals surface area contributed by atoms with E-state index in [9.17, 15) is 26.3 Å². The van der Waals surface area contributed by atoms with Gasteiger partial charge in [0.05, 0.1) is 24.3 Å². The van der Waals surface area contributed by atoms with E-state index in [1.54, 1.807) is 0 Å². The molecule has 4 rings (SSSR count). The lowest BCUT2D eigenvalue weighted by atomic mass is 10.0. The van der Waals surface area contributed by atoms with E-state index in [1.165, 1.54) is 0 Å². The Labute approximate surface area is 195 Å². The van der Waals surface area contributed by atoms with E-state index in [1.807, 2.05) is 35.2 Å². The minimum Gasteiger partial charge on any atom is -0.368 e. The fourth-order valence-corrected chi connectivity index (χ4v) is 3.85. The first-order chi connectivity index (χ1) is 16.5. The summed E-state index contributed by atoms with van der Waals surface area (Å²) in [6.45, 7) is 0.445. The third-order valence-electron chi connectivity index (χ3n) is 5.42. The van der Waals surface area contributed by atoms with Crippen LogP contribution in [0, 0.1) is 0 Å². The number of aromatic amines is 1. The number of alkyl halides is 6. The van der Waals surface area contributed by atoms with E-state index < -0.39 is 35.8 Å². The smallest absolute Gasteiger partial charge is 0.368 e. The summed E-state index contributed by atoms with van der Waals surface area (Å²) in [4.78, 5) is 5.96. The maximum absolute atomic E-state index is 13.1. The highest BCUT2D eigenvalue weighted by molar-refractivity contribution is 5.40. The maximum Gasteiger partial charge on any atom is 0.416 e. The van der Waals surface area contributed by atoms with Crippen LogP contribution in [0.2, 0.25) is 0 Å². The van der Waals surface area contributed by atoms with Crippen molar-refractivity contribution in [2.24, 2.45) is 0 Å². The number of nitrogens with one attached hydrogen (secondary N) is 1. The van der Waals surface area contributed by atoms with Crippen molar-refractivity contribution >= 4 is 11.9 Å². The van der Waals surface area contributed by atoms with Crippen LogP contribution in [0.1, 0.15) is 28.3 Å². The lowest BCUT2D eigenvalue weighted by Gasteiger charge is -2.40. The van der Waals surface area contributed by atoms with Crippen molar-refractivity contribution in [2.45, 2.75) is 31.1 Å². The van der Waals surface area contributed by atoms with Gasteiger partial charge >= 0.3 is 12.4 Å². The van der Waals surface area contributed by atoms with Gasteiger partial charge in [-0.2, -0.15) is 31.3 Å². The molecule has 2 unspecified atom stereocenters.